The molecule has 1 aromatic heterocycles. The van der Waals surface area contributed by atoms with E-state index in [2.05, 4.69) is 20.5 Å². The van der Waals surface area contributed by atoms with Crippen molar-refractivity contribution in [3.05, 3.63) is 24.3 Å². The van der Waals surface area contributed by atoms with Gasteiger partial charge in [0.05, 0.1) is 7.11 Å². The third-order valence-corrected chi connectivity index (χ3v) is 2.09. The highest BCUT2D eigenvalue weighted by atomic mass is 16.5. The van der Waals surface area contributed by atoms with Crippen LogP contribution in [0.25, 0.3) is 0 Å². The summed E-state index contributed by atoms with van der Waals surface area (Å²) in [5, 5.41) is 10.4. The average Bonchev–Trinajstić information content (AvgIpc) is 2.35. The number of anilines is 4. The first-order chi connectivity index (χ1) is 8.19. The molecule has 0 amide bonds. The zero-order valence-electron chi connectivity index (χ0n) is 9.21. The molecule has 2 rings (SSSR count). The maximum absolute atomic E-state index is 5.52. The highest BCUT2D eigenvalue weighted by Gasteiger charge is 2.03. The SMILES string of the molecule is COc1ccc(Nc2nnc(N)c(N)n2)cc1. The van der Waals surface area contributed by atoms with Crippen LogP contribution in [0.2, 0.25) is 0 Å². The number of benzene rings is 1. The number of ether oxygens (including phenoxy) is 1. The minimum Gasteiger partial charge on any atom is -0.497 e. The predicted molar refractivity (Wildman–Crippen MR) is 64.9 cm³/mol. The van der Waals surface area contributed by atoms with E-state index in [1.807, 2.05) is 24.3 Å². The Kier molecular flexibility index (Phi) is 2.91. The molecular formula is C10H12N6O. The predicted octanol–water partition coefficient (Wildman–Crippen LogP) is 0.788. The molecule has 0 bridgehead atoms. The summed E-state index contributed by atoms with van der Waals surface area (Å²) < 4.78 is 5.05. The zero-order valence-corrected chi connectivity index (χ0v) is 9.21. The molecule has 0 unspecified atom stereocenters. The van der Waals surface area contributed by atoms with E-state index in [1.54, 1.807) is 7.11 Å². The van der Waals surface area contributed by atoms with Crippen LogP contribution < -0.4 is 21.5 Å². The summed E-state index contributed by atoms with van der Waals surface area (Å²) in [6.07, 6.45) is 0. The number of nitrogen functional groups attached to an aromatic ring is 2. The summed E-state index contributed by atoms with van der Waals surface area (Å²) in [5.41, 5.74) is 11.7. The molecule has 0 aliphatic heterocycles. The highest BCUT2D eigenvalue weighted by Crippen LogP contribution is 2.18. The number of hydrogen-bond donors (Lipinski definition) is 3. The first-order valence-corrected chi connectivity index (χ1v) is 4.86. The van der Waals surface area contributed by atoms with Crippen LogP contribution in [0.4, 0.5) is 23.3 Å². The van der Waals surface area contributed by atoms with E-state index in [9.17, 15) is 0 Å². The van der Waals surface area contributed by atoms with Crippen molar-refractivity contribution in [3.8, 4) is 5.75 Å². The molecule has 0 aliphatic carbocycles. The highest BCUT2D eigenvalue weighted by molar-refractivity contribution is 5.58. The minimum atomic E-state index is 0.116. The number of methoxy groups -OCH3 is 1. The molecule has 0 spiro atoms. The quantitative estimate of drug-likeness (QED) is 0.717. The van der Waals surface area contributed by atoms with E-state index in [4.69, 9.17) is 16.2 Å². The molecule has 7 nitrogen and oxygen atoms in total. The average molecular weight is 232 g/mol. The smallest absolute Gasteiger partial charge is 0.249 e. The summed E-state index contributed by atoms with van der Waals surface area (Å²) in [5.74, 6) is 1.33. The summed E-state index contributed by atoms with van der Waals surface area (Å²) in [7, 11) is 1.61. The number of nitrogens with one attached hydrogen (secondary N) is 1. The molecular weight excluding hydrogens is 220 g/mol. The Morgan fingerprint density at radius 2 is 1.76 bits per heavy atom. The Morgan fingerprint density at radius 3 is 2.35 bits per heavy atom. The normalized spacial score (nSPS) is 9.94. The van der Waals surface area contributed by atoms with Crippen molar-refractivity contribution in [2.75, 3.05) is 23.9 Å². The van der Waals surface area contributed by atoms with E-state index in [0.717, 1.165) is 11.4 Å². The van der Waals surface area contributed by atoms with Gasteiger partial charge in [0.1, 0.15) is 5.75 Å². The number of aromatic nitrogens is 3. The molecule has 88 valence electrons. The maximum atomic E-state index is 5.52. The Bertz CT molecular complexity index is 513. The summed E-state index contributed by atoms with van der Waals surface area (Å²) in [6.45, 7) is 0. The molecule has 1 aromatic carbocycles. The molecule has 7 heteroatoms. The Morgan fingerprint density at radius 1 is 1.06 bits per heavy atom. The second kappa shape index (κ2) is 4.52. The molecule has 5 N–H and O–H groups in total. The summed E-state index contributed by atoms with van der Waals surface area (Å²) in [4.78, 5) is 3.95. The fourth-order valence-electron chi connectivity index (χ4n) is 1.20. The van der Waals surface area contributed by atoms with Gasteiger partial charge in [0.2, 0.25) is 5.95 Å². The summed E-state index contributed by atoms with van der Waals surface area (Å²) >= 11 is 0. The standard InChI is InChI=1S/C10H12N6O/c1-17-7-4-2-6(3-5-7)13-10-14-8(11)9(12)15-16-10/h2-5H,1H3,(H2,12,15)(H3,11,13,14,16). The van der Waals surface area contributed by atoms with E-state index in [1.165, 1.54) is 0 Å². The van der Waals surface area contributed by atoms with Gasteiger partial charge in [-0.3, -0.25) is 0 Å². The van der Waals surface area contributed by atoms with E-state index in [-0.39, 0.29) is 11.6 Å². The number of rotatable bonds is 3. The second-order valence-electron chi connectivity index (χ2n) is 3.26. The lowest BCUT2D eigenvalue weighted by atomic mass is 10.3. The second-order valence-corrected chi connectivity index (χ2v) is 3.26. The number of nitrogens with two attached hydrogens (primary N) is 2. The molecule has 0 radical (unpaired) electrons. The Labute approximate surface area is 97.8 Å². The van der Waals surface area contributed by atoms with Crippen molar-refractivity contribution in [1.29, 1.82) is 0 Å². The molecule has 0 aliphatic rings. The Balaban J connectivity index is 2.16. The van der Waals surface area contributed by atoms with Crippen molar-refractivity contribution in [3.63, 3.8) is 0 Å². The fourth-order valence-corrected chi connectivity index (χ4v) is 1.20. The molecule has 0 saturated heterocycles. The molecule has 0 atom stereocenters. The summed E-state index contributed by atoms with van der Waals surface area (Å²) in [6, 6.07) is 7.29. The van der Waals surface area contributed by atoms with Gasteiger partial charge in [0.25, 0.3) is 0 Å². The van der Waals surface area contributed by atoms with Crippen LogP contribution in [-0.2, 0) is 0 Å². The van der Waals surface area contributed by atoms with Crippen LogP contribution in [0.1, 0.15) is 0 Å². The van der Waals surface area contributed by atoms with Gasteiger partial charge in [0.15, 0.2) is 11.6 Å². The molecule has 1 heterocycles. The van der Waals surface area contributed by atoms with Gasteiger partial charge in [-0.2, -0.15) is 4.98 Å². The first-order valence-electron chi connectivity index (χ1n) is 4.86. The van der Waals surface area contributed by atoms with Crippen LogP contribution in [0, 0.1) is 0 Å². The lowest BCUT2D eigenvalue weighted by Crippen LogP contribution is -2.06. The van der Waals surface area contributed by atoms with Gasteiger partial charge in [-0.05, 0) is 24.3 Å². The lowest BCUT2D eigenvalue weighted by molar-refractivity contribution is 0.415. The van der Waals surface area contributed by atoms with E-state index in [0.29, 0.717) is 5.95 Å². The molecule has 0 saturated carbocycles. The molecule has 2 aromatic rings. The third kappa shape index (κ3) is 2.51. The van der Waals surface area contributed by atoms with Gasteiger partial charge in [-0.1, -0.05) is 0 Å². The lowest BCUT2D eigenvalue weighted by Gasteiger charge is -2.06. The molecule has 0 fully saturated rings. The zero-order chi connectivity index (χ0) is 12.3. The van der Waals surface area contributed by atoms with Crippen molar-refractivity contribution in [1.82, 2.24) is 15.2 Å². The van der Waals surface area contributed by atoms with Crippen molar-refractivity contribution in [2.45, 2.75) is 0 Å². The fraction of sp³-hybridized carbons (Fsp3) is 0.100. The van der Waals surface area contributed by atoms with Crippen LogP contribution in [0.5, 0.6) is 5.75 Å². The number of hydrogen-bond acceptors (Lipinski definition) is 7. The largest absolute Gasteiger partial charge is 0.497 e. The first kappa shape index (κ1) is 10.9. The Hall–Kier alpha value is -2.57. The van der Waals surface area contributed by atoms with Gasteiger partial charge in [-0.25, -0.2) is 0 Å². The van der Waals surface area contributed by atoms with Crippen LogP contribution in [0.15, 0.2) is 24.3 Å². The van der Waals surface area contributed by atoms with Crippen LogP contribution >= 0.6 is 0 Å². The van der Waals surface area contributed by atoms with E-state index < -0.39 is 0 Å². The van der Waals surface area contributed by atoms with Crippen molar-refractivity contribution < 1.29 is 4.74 Å². The van der Waals surface area contributed by atoms with Gasteiger partial charge >= 0.3 is 0 Å². The monoisotopic (exact) mass is 232 g/mol. The van der Waals surface area contributed by atoms with Crippen LogP contribution in [0.3, 0.4) is 0 Å². The number of nitrogens with zero attached hydrogens (tertiary/aromatic N) is 3. The minimum absolute atomic E-state index is 0.116. The topological polar surface area (TPSA) is 112 Å². The van der Waals surface area contributed by atoms with Gasteiger partial charge in [-0.15, -0.1) is 10.2 Å². The van der Waals surface area contributed by atoms with Crippen molar-refractivity contribution >= 4 is 23.3 Å². The van der Waals surface area contributed by atoms with Crippen molar-refractivity contribution in [2.24, 2.45) is 0 Å². The maximum Gasteiger partial charge on any atom is 0.249 e. The van der Waals surface area contributed by atoms with Crippen LogP contribution in [-0.4, -0.2) is 22.3 Å². The third-order valence-electron chi connectivity index (χ3n) is 2.09. The molecule has 17 heavy (non-hydrogen) atoms. The van der Waals surface area contributed by atoms with Gasteiger partial charge < -0.3 is 21.5 Å². The van der Waals surface area contributed by atoms with E-state index >= 15 is 0 Å². The van der Waals surface area contributed by atoms with Gasteiger partial charge in [0, 0.05) is 5.69 Å².